The summed E-state index contributed by atoms with van der Waals surface area (Å²) in [5.74, 6) is -0.0168. The molecule has 0 aliphatic carbocycles. The molecule has 1 unspecified atom stereocenters. The lowest BCUT2D eigenvalue weighted by atomic mass is 9.77. The zero-order chi connectivity index (χ0) is 34.8. The first kappa shape index (κ1) is 31.9. The summed E-state index contributed by atoms with van der Waals surface area (Å²) in [4.78, 5) is 28.4. The number of likely N-dealkylation sites (N-methyl/N-ethyl adjacent to an activating group) is 1. The summed E-state index contributed by atoms with van der Waals surface area (Å²) in [5, 5.41) is 9.61. The highest BCUT2D eigenvalue weighted by atomic mass is 16.2. The lowest BCUT2D eigenvalue weighted by molar-refractivity contribution is 0.0920. The minimum absolute atomic E-state index is 0.212. The number of rotatable bonds is 10. The summed E-state index contributed by atoms with van der Waals surface area (Å²) in [7, 11) is 4.00. The molecule has 8 rings (SSSR count). The number of pyridine rings is 1. The summed E-state index contributed by atoms with van der Waals surface area (Å²) in [6.07, 6.45) is 3.57. The topological polar surface area (TPSA) is 91.7 Å². The third-order valence-corrected chi connectivity index (χ3v) is 9.40. The van der Waals surface area contributed by atoms with Crippen molar-refractivity contribution < 1.29 is 4.79 Å². The van der Waals surface area contributed by atoms with Gasteiger partial charge in [0.15, 0.2) is 5.82 Å². The Bertz CT molecular complexity index is 2310. The molecule has 0 bridgehead atoms. The molecule has 8 aromatic rings. The van der Waals surface area contributed by atoms with Gasteiger partial charge in [0.05, 0.1) is 22.6 Å². The highest BCUT2D eigenvalue weighted by molar-refractivity contribution is 6.03. The third kappa shape index (κ3) is 5.85. The van der Waals surface area contributed by atoms with Gasteiger partial charge < -0.3 is 15.2 Å². The average Bonchev–Trinajstić information content (AvgIpc) is 3.77. The number of H-pyrrole nitrogens is 1. The van der Waals surface area contributed by atoms with Crippen LogP contribution in [0, 0.1) is 0 Å². The number of benzene rings is 5. The van der Waals surface area contributed by atoms with Crippen LogP contribution in [0.1, 0.15) is 38.9 Å². The van der Waals surface area contributed by atoms with Gasteiger partial charge in [0, 0.05) is 29.9 Å². The monoisotopic (exact) mass is 667 g/mol. The van der Waals surface area contributed by atoms with Gasteiger partial charge in [-0.25, -0.2) is 9.67 Å². The molecule has 51 heavy (non-hydrogen) atoms. The molecule has 2 N–H and O–H groups in total. The zero-order valence-corrected chi connectivity index (χ0v) is 28.4. The van der Waals surface area contributed by atoms with Gasteiger partial charge in [-0.2, -0.15) is 5.10 Å². The Morgan fingerprint density at radius 2 is 1.31 bits per heavy atom. The number of hydrogen-bond donors (Lipinski definition) is 2. The van der Waals surface area contributed by atoms with E-state index >= 15 is 0 Å². The van der Waals surface area contributed by atoms with Crippen LogP contribution in [0.25, 0.3) is 33.2 Å². The van der Waals surface area contributed by atoms with Crippen LogP contribution in [-0.2, 0) is 5.54 Å². The van der Waals surface area contributed by atoms with E-state index in [2.05, 4.69) is 104 Å². The van der Waals surface area contributed by atoms with Gasteiger partial charge in [-0.3, -0.25) is 9.78 Å². The quantitative estimate of drug-likeness (QED) is 0.145. The molecule has 0 saturated heterocycles. The predicted octanol–water partition coefficient (Wildman–Crippen LogP) is 7.85. The first-order valence-electron chi connectivity index (χ1n) is 17.0. The Morgan fingerprint density at radius 1 is 0.765 bits per heavy atom. The molecule has 0 aliphatic heterocycles. The Morgan fingerprint density at radius 3 is 1.86 bits per heavy atom. The van der Waals surface area contributed by atoms with Gasteiger partial charge in [0.1, 0.15) is 11.2 Å². The minimum Gasteiger partial charge on any atom is -0.341 e. The van der Waals surface area contributed by atoms with E-state index in [1.165, 1.54) is 0 Å². The Labute approximate surface area is 296 Å². The Hall–Kier alpha value is -6.38. The molecule has 3 aromatic heterocycles. The number of aromatic nitrogens is 5. The van der Waals surface area contributed by atoms with Crippen molar-refractivity contribution in [2.45, 2.75) is 11.6 Å². The Kier molecular flexibility index (Phi) is 8.43. The second kappa shape index (κ2) is 13.5. The summed E-state index contributed by atoms with van der Waals surface area (Å²) < 4.78 is 2.14. The van der Waals surface area contributed by atoms with Gasteiger partial charge >= 0.3 is 0 Å². The Balaban J connectivity index is 1.36. The normalized spacial score (nSPS) is 12.4. The van der Waals surface area contributed by atoms with E-state index in [9.17, 15) is 4.79 Å². The molecule has 5 aromatic carbocycles. The fourth-order valence-electron chi connectivity index (χ4n) is 7.12. The van der Waals surface area contributed by atoms with Crippen LogP contribution in [-0.4, -0.2) is 56.2 Å². The highest BCUT2D eigenvalue weighted by Gasteiger charge is 2.41. The lowest BCUT2D eigenvalue weighted by Crippen LogP contribution is -2.38. The molecule has 8 nitrogen and oxygen atoms in total. The second-order valence-corrected chi connectivity index (χ2v) is 13.0. The largest absolute Gasteiger partial charge is 0.341 e. The van der Waals surface area contributed by atoms with Crippen LogP contribution in [0.2, 0.25) is 0 Å². The van der Waals surface area contributed by atoms with E-state index in [1.807, 2.05) is 80.8 Å². The molecular formula is C43H37N7O. The third-order valence-electron chi connectivity index (χ3n) is 9.40. The van der Waals surface area contributed by atoms with E-state index in [1.54, 1.807) is 12.4 Å². The van der Waals surface area contributed by atoms with Gasteiger partial charge in [-0.15, -0.1) is 0 Å². The van der Waals surface area contributed by atoms with Crippen LogP contribution in [0.5, 0.6) is 0 Å². The number of hydrogen-bond acceptors (Lipinski definition) is 5. The van der Waals surface area contributed by atoms with Crippen molar-refractivity contribution in [3.63, 3.8) is 0 Å². The maximum atomic E-state index is 13.8. The number of carbonyl (C=O) groups is 1. The number of carbonyl (C=O) groups excluding carboxylic acids is 1. The summed E-state index contributed by atoms with van der Waals surface area (Å²) in [6.45, 7) is 0.644. The molecule has 1 amide bonds. The number of amides is 1. The smallest absolute Gasteiger partial charge is 0.287 e. The number of imidazole rings is 1. The van der Waals surface area contributed by atoms with Crippen LogP contribution < -0.4 is 5.32 Å². The van der Waals surface area contributed by atoms with E-state index < -0.39 is 5.54 Å². The van der Waals surface area contributed by atoms with Gasteiger partial charge in [-0.05, 0) is 60.6 Å². The summed E-state index contributed by atoms with van der Waals surface area (Å²) >= 11 is 0. The maximum Gasteiger partial charge on any atom is 0.287 e. The fraction of sp³-hybridized carbons (Fsp3) is 0.116. The number of nitrogens with zero attached hydrogens (tertiary/aromatic N) is 5. The van der Waals surface area contributed by atoms with Crippen molar-refractivity contribution in [2.24, 2.45) is 0 Å². The summed E-state index contributed by atoms with van der Waals surface area (Å²) in [6, 6.07) is 49.4. The molecule has 0 saturated carbocycles. The van der Waals surface area contributed by atoms with Crippen LogP contribution in [0.4, 0.5) is 0 Å². The van der Waals surface area contributed by atoms with Crippen molar-refractivity contribution in [1.29, 1.82) is 0 Å². The average molecular weight is 668 g/mol. The van der Waals surface area contributed by atoms with Crippen molar-refractivity contribution in [1.82, 2.24) is 34.9 Å². The highest BCUT2D eigenvalue weighted by Crippen LogP contribution is 2.44. The van der Waals surface area contributed by atoms with Crippen molar-refractivity contribution >= 4 is 27.8 Å². The van der Waals surface area contributed by atoms with Crippen molar-refractivity contribution in [2.75, 3.05) is 20.6 Å². The first-order chi connectivity index (χ1) is 25.0. The van der Waals surface area contributed by atoms with Crippen LogP contribution in [0.15, 0.2) is 158 Å². The second-order valence-electron chi connectivity index (χ2n) is 13.0. The fourth-order valence-corrected chi connectivity index (χ4v) is 7.12. The van der Waals surface area contributed by atoms with E-state index in [4.69, 9.17) is 10.1 Å². The van der Waals surface area contributed by atoms with Crippen LogP contribution in [0.3, 0.4) is 0 Å². The molecule has 0 radical (unpaired) electrons. The molecule has 3 heterocycles. The predicted molar refractivity (Wildman–Crippen MR) is 202 cm³/mol. The van der Waals surface area contributed by atoms with Crippen molar-refractivity contribution in [3.8, 4) is 11.3 Å². The minimum atomic E-state index is -0.851. The van der Waals surface area contributed by atoms with Gasteiger partial charge in [0.25, 0.3) is 5.91 Å². The summed E-state index contributed by atoms with van der Waals surface area (Å²) in [5.41, 5.74) is 7.39. The number of nitrogens with one attached hydrogen (secondary N) is 2. The zero-order valence-electron chi connectivity index (χ0n) is 28.4. The maximum absolute atomic E-state index is 13.8. The molecule has 0 spiro atoms. The van der Waals surface area contributed by atoms with Crippen molar-refractivity contribution in [3.05, 3.63) is 186 Å². The van der Waals surface area contributed by atoms with Gasteiger partial charge in [-0.1, -0.05) is 121 Å². The molecular weight excluding hydrogens is 631 g/mol. The molecule has 250 valence electrons. The number of aromatic amines is 1. The molecule has 1 atom stereocenters. The molecule has 0 aliphatic rings. The SMILES string of the molecule is CN(C)CC(NC(=O)c1nc2cc3c(-c4ccncc4)nn(C(c4ccccc4)(c4ccccc4)c4ccccc4)c3cc2[nH]1)c1ccccc1. The number of fused-ring (bicyclic) bond motifs is 2. The molecule has 8 heteroatoms. The van der Waals surface area contributed by atoms with Gasteiger partial charge in [0.2, 0.25) is 0 Å². The lowest BCUT2D eigenvalue weighted by Gasteiger charge is -2.37. The van der Waals surface area contributed by atoms with E-state index in [-0.39, 0.29) is 17.8 Å². The standard InChI is InChI=1S/C43H37N7O/c1-49(2)29-38(30-15-7-3-8-16-30)47-42(51)41-45-36-27-35-39(28-37(36)46-41)50(48-40(35)31-23-25-44-26-24-31)43(32-17-9-4-10-18-32,33-19-11-5-12-20-33)34-21-13-6-14-22-34/h3-28,38H,29H2,1-2H3,(H,45,46)(H,47,51). The van der Waals surface area contributed by atoms with E-state index in [0.29, 0.717) is 12.1 Å². The van der Waals surface area contributed by atoms with E-state index in [0.717, 1.165) is 49.9 Å². The molecule has 0 fully saturated rings. The van der Waals surface area contributed by atoms with Crippen LogP contribution >= 0.6 is 0 Å². The first-order valence-corrected chi connectivity index (χ1v) is 17.0.